The fraction of sp³-hybridized carbons (Fsp3) is 0.136. The van der Waals surface area contributed by atoms with Crippen molar-refractivity contribution in [3.05, 3.63) is 94.5 Å². The summed E-state index contributed by atoms with van der Waals surface area (Å²) in [5.74, 6) is 0.868. The van der Waals surface area contributed by atoms with Crippen molar-refractivity contribution in [2.45, 2.75) is 12.5 Å². The lowest BCUT2D eigenvalue weighted by atomic mass is 9.98. The quantitative estimate of drug-likeness (QED) is 0.545. The van der Waals surface area contributed by atoms with Gasteiger partial charge in [-0.15, -0.1) is 0 Å². The summed E-state index contributed by atoms with van der Waals surface area (Å²) >= 11 is 3.50. The van der Waals surface area contributed by atoms with Gasteiger partial charge in [0.25, 0.3) is 0 Å². The molecule has 1 heterocycles. The van der Waals surface area contributed by atoms with Gasteiger partial charge in [0.1, 0.15) is 5.75 Å². The van der Waals surface area contributed by atoms with Gasteiger partial charge in [-0.1, -0.05) is 58.4 Å². The maximum atomic E-state index is 5.30. The van der Waals surface area contributed by atoms with E-state index in [1.807, 2.05) is 30.3 Å². The van der Waals surface area contributed by atoms with Crippen LogP contribution in [-0.4, -0.2) is 12.8 Å². The lowest BCUT2D eigenvalue weighted by Crippen LogP contribution is -2.18. The molecule has 0 fully saturated rings. The molecule has 3 aromatic carbocycles. The molecule has 130 valence electrons. The van der Waals surface area contributed by atoms with E-state index in [-0.39, 0.29) is 6.04 Å². The number of nitrogens with zero attached hydrogens (tertiary/aromatic N) is 2. The van der Waals surface area contributed by atoms with E-state index in [9.17, 15) is 0 Å². The number of hydrazone groups is 1. The number of rotatable bonds is 4. The van der Waals surface area contributed by atoms with Gasteiger partial charge in [0.15, 0.2) is 0 Å². The molecule has 0 aromatic heterocycles. The van der Waals surface area contributed by atoms with Gasteiger partial charge < -0.3 is 4.74 Å². The van der Waals surface area contributed by atoms with E-state index in [1.54, 1.807) is 7.11 Å². The second kappa shape index (κ2) is 7.34. The Labute approximate surface area is 162 Å². The summed E-state index contributed by atoms with van der Waals surface area (Å²) < 4.78 is 6.37. The molecule has 0 saturated carbocycles. The maximum absolute atomic E-state index is 5.30. The highest BCUT2D eigenvalue weighted by atomic mass is 79.9. The van der Waals surface area contributed by atoms with Gasteiger partial charge in [-0.3, -0.25) is 5.01 Å². The first kappa shape index (κ1) is 16.9. The highest BCUT2D eigenvalue weighted by Gasteiger charge is 2.29. The summed E-state index contributed by atoms with van der Waals surface area (Å²) in [6.07, 6.45) is 0.864. The molecule has 3 aromatic rings. The molecule has 0 spiro atoms. The zero-order valence-corrected chi connectivity index (χ0v) is 16.1. The van der Waals surface area contributed by atoms with E-state index in [2.05, 4.69) is 69.5 Å². The van der Waals surface area contributed by atoms with Crippen molar-refractivity contribution in [2.24, 2.45) is 5.10 Å². The summed E-state index contributed by atoms with van der Waals surface area (Å²) in [7, 11) is 1.69. The van der Waals surface area contributed by atoms with Gasteiger partial charge in [0, 0.05) is 10.9 Å². The molecule has 0 radical (unpaired) electrons. The fourth-order valence-electron chi connectivity index (χ4n) is 3.23. The van der Waals surface area contributed by atoms with Gasteiger partial charge in [-0.05, 0) is 47.5 Å². The van der Waals surface area contributed by atoms with Crippen LogP contribution in [0.1, 0.15) is 23.6 Å². The van der Waals surface area contributed by atoms with Crippen LogP contribution in [0.2, 0.25) is 0 Å². The van der Waals surface area contributed by atoms with E-state index in [1.165, 1.54) is 5.56 Å². The van der Waals surface area contributed by atoms with Crippen LogP contribution in [0.25, 0.3) is 0 Å². The van der Waals surface area contributed by atoms with E-state index in [0.717, 1.165) is 33.6 Å². The second-order valence-corrected chi connectivity index (χ2v) is 7.14. The van der Waals surface area contributed by atoms with Crippen LogP contribution in [0, 0.1) is 0 Å². The molecule has 4 heteroatoms. The standard InChI is InChI=1S/C22H19BrN2O/c1-26-20-13-9-17(10-14-20)22-15-21(16-7-11-18(23)12-8-16)24-25(22)19-5-3-2-4-6-19/h2-14,22H,15H2,1H3/t22-/m1/s1. The highest BCUT2D eigenvalue weighted by molar-refractivity contribution is 9.10. The first-order valence-electron chi connectivity index (χ1n) is 8.56. The normalized spacial score (nSPS) is 16.5. The molecule has 26 heavy (non-hydrogen) atoms. The Balaban J connectivity index is 1.71. The number of benzene rings is 3. The molecule has 0 bridgehead atoms. The molecule has 0 unspecified atom stereocenters. The lowest BCUT2D eigenvalue weighted by molar-refractivity contribution is 0.414. The largest absolute Gasteiger partial charge is 0.497 e. The van der Waals surface area contributed by atoms with Crippen molar-refractivity contribution in [1.29, 1.82) is 0 Å². The topological polar surface area (TPSA) is 24.8 Å². The van der Waals surface area contributed by atoms with E-state index < -0.39 is 0 Å². The number of halogens is 1. The zero-order chi connectivity index (χ0) is 17.9. The number of methoxy groups -OCH3 is 1. The van der Waals surface area contributed by atoms with Gasteiger partial charge in [-0.25, -0.2) is 0 Å². The van der Waals surface area contributed by atoms with Crippen molar-refractivity contribution in [3.8, 4) is 5.75 Å². The average Bonchev–Trinajstić information content (AvgIpc) is 3.15. The highest BCUT2D eigenvalue weighted by Crippen LogP contribution is 2.37. The summed E-state index contributed by atoms with van der Waals surface area (Å²) in [6.45, 7) is 0. The van der Waals surface area contributed by atoms with Crippen LogP contribution >= 0.6 is 15.9 Å². The summed E-state index contributed by atoms with van der Waals surface area (Å²) in [6, 6.07) is 27.1. The first-order valence-corrected chi connectivity index (χ1v) is 9.35. The molecule has 3 nitrogen and oxygen atoms in total. The number of para-hydroxylation sites is 1. The number of anilines is 1. The molecule has 0 N–H and O–H groups in total. The Kier molecular flexibility index (Phi) is 4.76. The molecule has 0 saturated heterocycles. The van der Waals surface area contributed by atoms with E-state index >= 15 is 0 Å². The van der Waals surface area contributed by atoms with Gasteiger partial charge in [0.2, 0.25) is 0 Å². The van der Waals surface area contributed by atoms with Crippen LogP contribution in [0.15, 0.2) is 88.4 Å². The van der Waals surface area contributed by atoms with Crippen LogP contribution < -0.4 is 9.75 Å². The van der Waals surface area contributed by atoms with Crippen LogP contribution in [0.5, 0.6) is 5.75 Å². The smallest absolute Gasteiger partial charge is 0.118 e. The minimum absolute atomic E-state index is 0.168. The monoisotopic (exact) mass is 406 g/mol. The average molecular weight is 407 g/mol. The summed E-state index contributed by atoms with van der Waals surface area (Å²) in [4.78, 5) is 0. The van der Waals surface area contributed by atoms with Gasteiger partial charge >= 0.3 is 0 Å². The third-order valence-corrected chi connectivity index (χ3v) is 5.14. The van der Waals surface area contributed by atoms with Gasteiger partial charge in [0.05, 0.1) is 24.6 Å². The van der Waals surface area contributed by atoms with Crippen molar-refractivity contribution in [1.82, 2.24) is 0 Å². The molecular formula is C22H19BrN2O. The van der Waals surface area contributed by atoms with Crippen LogP contribution in [-0.2, 0) is 0 Å². The Morgan fingerprint density at radius 2 is 1.62 bits per heavy atom. The van der Waals surface area contributed by atoms with Gasteiger partial charge in [-0.2, -0.15) is 5.10 Å². The molecule has 0 amide bonds. The second-order valence-electron chi connectivity index (χ2n) is 6.23. The van der Waals surface area contributed by atoms with Crippen molar-refractivity contribution in [3.63, 3.8) is 0 Å². The zero-order valence-electron chi connectivity index (χ0n) is 14.5. The van der Waals surface area contributed by atoms with Crippen molar-refractivity contribution in [2.75, 3.05) is 12.1 Å². The number of hydrogen-bond donors (Lipinski definition) is 0. The molecule has 1 atom stereocenters. The lowest BCUT2D eigenvalue weighted by Gasteiger charge is -2.24. The van der Waals surface area contributed by atoms with Crippen LogP contribution in [0.4, 0.5) is 5.69 Å². The maximum Gasteiger partial charge on any atom is 0.118 e. The summed E-state index contributed by atoms with van der Waals surface area (Å²) in [5.41, 5.74) is 4.58. The van der Waals surface area contributed by atoms with E-state index in [0.29, 0.717) is 0 Å². The summed E-state index contributed by atoms with van der Waals surface area (Å²) in [5, 5.41) is 7.09. The Morgan fingerprint density at radius 3 is 2.27 bits per heavy atom. The first-order chi connectivity index (χ1) is 12.7. The Hall–Kier alpha value is -2.59. The third-order valence-electron chi connectivity index (χ3n) is 4.61. The predicted molar refractivity (Wildman–Crippen MR) is 110 cm³/mol. The predicted octanol–water partition coefficient (Wildman–Crippen LogP) is 5.81. The molecular weight excluding hydrogens is 388 g/mol. The minimum atomic E-state index is 0.168. The van der Waals surface area contributed by atoms with E-state index in [4.69, 9.17) is 9.84 Å². The molecule has 4 rings (SSSR count). The molecule has 1 aliphatic rings. The van der Waals surface area contributed by atoms with Crippen molar-refractivity contribution >= 4 is 27.3 Å². The molecule has 1 aliphatic heterocycles. The SMILES string of the molecule is COc1ccc([C@H]2CC(c3ccc(Br)cc3)=NN2c2ccccc2)cc1. The van der Waals surface area contributed by atoms with Crippen LogP contribution in [0.3, 0.4) is 0 Å². The third kappa shape index (κ3) is 3.37. The van der Waals surface area contributed by atoms with Crippen molar-refractivity contribution < 1.29 is 4.74 Å². The Morgan fingerprint density at radius 1 is 0.923 bits per heavy atom. The fourth-order valence-corrected chi connectivity index (χ4v) is 3.50. The number of hydrogen-bond acceptors (Lipinski definition) is 3. The molecule has 0 aliphatic carbocycles. The Bertz CT molecular complexity index is 905. The number of ether oxygens (including phenoxy) is 1. The minimum Gasteiger partial charge on any atom is -0.497 e.